The molecule has 1 amide bonds. The zero-order chi connectivity index (χ0) is 19.7. The predicted molar refractivity (Wildman–Crippen MR) is 115 cm³/mol. The second-order valence-corrected chi connectivity index (χ2v) is 8.68. The molecule has 0 unspecified atom stereocenters. The van der Waals surface area contributed by atoms with Crippen LogP contribution >= 0.6 is 23.6 Å². The molecule has 1 aliphatic heterocycles. The summed E-state index contributed by atoms with van der Waals surface area (Å²) in [5.41, 5.74) is 3.66. The Bertz CT molecular complexity index is 1030. The number of imidazole rings is 1. The molecule has 0 bridgehead atoms. The first kappa shape index (κ1) is 19.1. The van der Waals surface area contributed by atoms with Crippen LogP contribution in [-0.4, -0.2) is 46.1 Å². The van der Waals surface area contributed by atoms with Crippen molar-refractivity contribution in [1.82, 2.24) is 14.0 Å². The number of nitrogens with zero attached hydrogens (tertiary/aromatic N) is 3. The lowest BCUT2D eigenvalue weighted by molar-refractivity contribution is -0.926. The van der Waals surface area contributed by atoms with Crippen LogP contribution in [0.25, 0.3) is 5.69 Å². The lowest BCUT2D eigenvalue weighted by Gasteiger charge is -2.32. The topological polar surface area (TPSA) is 34.6 Å². The quantitative estimate of drug-likeness (QED) is 0.668. The number of carbonyl (C=O) groups is 1. The van der Waals surface area contributed by atoms with Crippen molar-refractivity contribution in [2.45, 2.75) is 20.5 Å². The number of carbonyl (C=O) groups excluding carboxylic acids is 1. The molecule has 1 fully saturated rings. The summed E-state index contributed by atoms with van der Waals surface area (Å²) < 4.78 is 5.02. The first-order valence-electron chi connectivity index (χ1n) is 9.54. The number of nitrogens with one attached hydrogen (secondary N) is 1. The van der Waals surface area contributed by atoms with E-state index in [1.165, 1.54) is 27.4 Å². The molecule has 2 aromatic heterocycles. The van der Waals surface area contributed by atoms with E-state index in [1.807, 2.05) is 28.6 Å². The van der Waals surface area contributed by atoms with E-state index >= 15 is 0 Å². The average molecular weight is 414 g/mol. The summed E-state index contributed by atoms with van der Waals surface area (Å²) in [6, 6.07) is 10.3. The number of amides is 1. The third-order valence-electron chi connectivity index (χ3n) is 5.50. The van der Waals surface area contributed by atoms with Crippen LogP contribution in [0.3, 0.4) is 0 Å². The van der Waals surface area contributed by atoms with E-state index in [-0.39, 0.29) is 5.91 Å². The zero-order valence-corrected chi connectivity index (χ0v) is 17.9. The minimum absolute atomic E-state index is 0.159. The standard InChI is InChI=1S/C21H24N4OS2/c1-16-5-6-18(14-17(16)2)25-12-11-24(21(25)27)15-22-7-9-23(10-8-22)20(26)19-4-3-13-28-19/h3-6,11-14H,7-10,15H2,1-2H3/p+1. The highest BCUT2D eigenvalue weighted by Gasteiger charge is 2.25. The van der Waals surface area contributed by atoms with Gasteiger partial charge in [0.1, 0.15) is 0 Å². The lowest BCUT2D eigenvalue weighted by Crippen LogP contribution is -3.14. The number of rotatable bonds is 4. The Morgan fingerprint density at radius 1 is 1.14 bits per heavy atom. The monoisotopic (exact) mass is 413 g/mol. The predicted octanol–water partition coefficient (Wildman–Crippen LogP) is 2.69. The molecule has 0 aliphatic carbocycles. The number of hydrogen-bond donors (Lipinski definition) is 1. The number of hydrogen-bond acceptors (Lipinski definition) is 3. The van der Waals surface area contributed by atoms with Gasteiger partial charge in [0, 0.05) is 18.1 Å². The van der Waals surface area contributed by atoms with Crippen molar-refractivity contribution in [1.29, 1.82) is 0 Å². The van der Waals surface area contributed by atoms with Crippen LogP contribution in [0.4, 0.5) is 0 Å². The molecule has 1 saturated heterocycles. The normalized spacial score (nSPS) is 15.1. The SMILES string of the molecule is Cc1ccc(-n2ccn(C[NH+]3CCN(C(=O)c4cccs4)CC3)c2=S)cc1C. The Morgan fingerprint density at radius 3 is 2.61 bits per heavy atom. The number of thiophene rings is 1. The van der Waals surface area contributed by atoms with E-state index in [9.17, 15) is 4.79 Å². The molecule has 3 aromatic rings. The van der Waals surface area contributed by atoms with Crippen molar-refractivity contribution in [2.75, 3.05) is 26.2 Å². The van der Waals surface area contributed by atoms with Gasteiger partial charge in [-0.25, -0.2) is 0 Å². The highest BCUT2D eigenvalue weighted by Crippen LogP contribution is 2.15. The first-order valence-corrected chi connectivity index (χ1v) is 10.8. The van der Waals surface area contributed by atoms with Gasteiger partial charge >= 0.3 is 0 Å². The molecule has 0 atom stereocenters. The molecular weight excluding hydrogens is 388 g/mol. The fourth-order valence-corrected chi connectivity index (χ4v) is 4.57. The Hall–Kier alpha value is -2.22. The third kappa shape index (κ3) is 3.83. The summed E-state index contributed by atoms with van der Waals surface area (Å²) in [5.74, 6) is 0.159. The molecule has 7 heteroatoms. The second-order valence-electron chi connectivity index (χ2n) is 7.37. The Kier molecular flexibility index (Phi) is 5.48. The molecule has 146 valence electrons. The summed E-state index contributed by atoms with van der Waals surface area (Å²) in [5, 5.41) is 1.96. The number of piperazine rings is 1. The van der Waals surface area contributed by atoms with Crippen molar-refractivity contribution in [2.24, 2.45) is 0 Å². The first-order chi connectivity index (χ1) is 13.5. The maximum absolute atomic E-state index is 12.5. The average Bonchev–Trinajstić information content (AvgIpc) is 3.35. The van der Waals surface area contributed by atoms with Crippen LogP contribution < -0.4 is 4.90 Å². The minimum atomic E-state index is 0.159. The molecule has 0 saturated carbocycles. The lowest BCUT2D eigenvalue weighted by atomic mass is 10.1. The van der Waals surface area contributed by atoms with Crippen molar-refractivity contribution in [3.63, 3.8) is 0 Å². The van der Waals surface area contributed by atoms with Gasteiger partial charge in [-0.05, 0) is 60.8 Å². The van der Waals surface area contributed by atoms with E-state index in [2.05, 4.69) is 47.4 Å². The molecule has 5 nitrogen and oxygen atoms in total. The van der Waals surface area contributed by atoms with E-state index in [1.54, 1.807) is 0 Å². The highest BCUT2D eigenvalue weighted by atomic mass is 32.1. The fraction of sp³-hybridized carbons (Fsp3) is 0.333. The number of quaternary nitrogens is 1. The summed E-state index contributed by atoms with van der Waals surface area (Å²) >= 11 is 7.23. The number of aryl methyl sites for hydroxylation is 2. The Morgan fingerprint density at radius 2 is 1.93 bits per heavy atom. The van der Waals surface area contributed by atoms with Gasteiger partial charge in [0.2, 0.25) is 0 Å². The van der Waals surface area contributed by atoms with Crippen LogP contribution in [-0.2, 0) is 6.67 Å². The van der Waals surface area contributed by atoms with Gasteiger partial charge < -0.3 is 9.80 Å². The maximum Gasteiger partial charge on any atom is 0.264 e. The molecule has 4 rings (SSSR count). The smallest absolute Gasteiger partial charge is 0.264 e. The highest BCUT2D eigenvalue weighted by molar-refractivity contribution is 7.71. The summed E-state index contributed by atoms with van der Waals surface area (Å²) in [6.07, 6.45) is 4.11. The van der Waals surface area contributed by atoms with E-state index in [0.717, 1.165) is 48.2 Å². The van der Waals surface area contributed by atoms with Crippen LogP contribution in [0.1, 0.15) is 20.8 Å². The van der Waals surface area contributed by atoms with Crippen molar-refractivity contribution in [3.05, 3.63) is 68.9 Å². The number of aromatic nitrogens is 2. The molecule has 0 radical (unpaired) electrons. The van der Waals surface area contributed by atoms with Crippen molar-refractivity contribution >= 4 is 29.5 Å². The van der Waals surface area contributed by atoms with Gasteiger partial charge in [0.05, 0.1) is 31.1 Å². The fourth-order valence-electron chi connectivity index (χ4n) is 3.59. The molecule has 1 aromatic carbocycles. The zero-order valence-electron chi connectivity index (χ0n) is 16.2. The summed E-state index contributed by atoms with van der Waals surface area (Å²) in [6.45, 7) is 8.53. The second kappa shape index (κ2) is 8.03. The third-order valence-corrected chi connectivity index (χ3v) is 6.79. The summed E-state index contributed by atoms with van der Waals surface area (Å²) in [7, 11) is 0. The van der Waals surface area contributed by atoms with Gasteiger partial charge in [-0.15, -0.1) is 11.3 Å². The number of benzene rings is 1. The Labute approximate surface area is 174 Å². The molecule has 28 heavy (non-hydrogen) atoms. The van der Waals surface area contributed by atoms with Crippen molar-refractivity contribution < 1.29 is 9.69 Å². The maximum atomic E-state index is 12.5. The van der Waals surface area contributed by atoms with E-state index < -0.39 is 0 Å². The molecule has 1 N–H and O–H groups in total. The van der Waals surface area contributed by atoms with Gasteiger partial charge in [0.15, 0.2) is 11.4 Å². The molecular formula is C21H25N4OS2+. The van der Waals surface area contributed by atoms with E-state index in [0.29, 0.717) is 0 Å². The largest absolute Gasteiger partial charge is 0.327 e. The minimum Gasteiger partial charge on any atom is -0.327 e. The van der Waals surface area contributed by atoms with Gasteiger partial charge in [-0.2, -0.15) is 0 Å². The molecule has 0 spiro atoms. The Balaban J connectivity index is 1.41. The summed E-state index contributed by atoms with van der Waals surface area (Å²) in [4.78, 5) is 16.7. The van der Waals surface area contributed by atoms with Crippen LogP contribution in [0.15, 0.2) is 48.1 Å². The van der Waals surface area contributed by atoms with Gasteiger partial charge in [0.25, 0.3) is 5.91 Å². The van der Waals surface area contributed by atoms with Crippen LogP contribution in [0, 0.1) is 18.6 Å². The molecule has 3 heterocycles. The van der Waals surface area contributed by atoms with Gasteiger partial charge in [-0.3, -0.25) is 13.9 Å². The van der Waals surface area contributed by atoms with E-state index in [4.69, 9.17) is 12.2 Å². The van der Waals surface area contributed by atoms with Crippen molar-refractivity contribution in [3.8, 4) is 5.69 Å². The van der Waals surface area contributed by atoms with Crippen LogP contribution in [0.5, 0.6) is 0 Å². The molecule has 1 aliphatic rings. The van der Waals surface area contributed by atoms with Gasteiger partial charge in [-0.1, -0.05) is 12.1 Å². The van der Waals surface area contributed by atoms with Crippen LogP contribution in [0.2, 0.25) is 0 Å².